The molecule has 0 heterocycles. The number of sulfonamides is 1. The Kier molecular flexibility index (Phi) is 3.00. The first kappa shape index (κ1) is 10.8. The lowest BCUT2D eigenvalue weighted by atomic mass is 10.3. The van der Waals surface area contributed by atoms with Crippen LogP contribution < -0.4 is 4.31 Å². The van der Waals surface area contributed by atoms with E-state index in [1.165, 1.54) is 19.2 Å². The van der Waals surface area contributed by atoms with Gasteiger partial charge in [0, 0.05) is 13.1 Å². The van der Waals surface area contributed by atoms with E-state index in [0.29, 0.717) is 5.69 Å². The van der Waals surface area contributed by atoms with Gasteiger partial charge in [-0.2, -0.15) is 0 Å². The van der Waals surface area contributed by atoms with E-state index in [4.69, 9.17) is 0 Å². The number of benzene rings is 1. The van der Waals surface area contributed by atoms with Crippen LogP contribution in [0.5, 0.6) is 5.75 Å². The van der Waals surface area contributed by atoms with Crippen LogP contribution in [0, 0.1) is 0 Å². The van der Waals surface area contributed by atoms with Gasteiger partial charge in [-0.15, -0.1) is 0 Å². The highest BCUT2D eigenvalue weighted by molar-refractivity contribution is 7.92. The molecule has 4 nitrogen and oxygen atoms in total. The van der Waals surface area contributed by atoms with Gasteiger partial charge in [0.25, 0.3) is 0 Å². The Morgan fingerprint density at radius 2 is 2.07 bits per heavy atom. The highest BCUT2D eigenvalue weighted by Gasteiger charge is 2.15. The summed E-state index contributed by atoms with van der Waals surface area (Å²) in [6.45, 7) is 1.58. The van der Waals surface area contributed by atoms with Crippen LogP contribution in [-0.2, 0) is 10.0 Å². The van der Waals surface area contributed by atoms with E-state index in [1.54, 1.807) is 19.1 Å². The number of phenolic OH excluding ortho intramolecular Hbond substituents is 1. The Balaban J connectivity index is 3.07. The van der Waals surface area contributed by atoms with Crippen molar-refractivity contribution >= 4 is 15.7 Å². The summed E-state index contributed by atoms with van der Waals surface area (Å²) < 4.78 is 24.1. The first-order chi connectivity index (χ1) is 6.47. The van der Waals surface area contributed by atoms with Gasteiger partial charge in [-0.05, 0) is 19.1 Å². The van der Waals surface area contributed by atoms with Crippen LogP contribution in [0.25, 0.3) is 0 Å². The van der Waals surface area contributed by atoms with Gasteiger partial charge in [0.1, 0.15) is 5.75 Å². The molecule has 0 bridgehead atoms. The van der Waals surface area contributed by atoms with E-state index in [2.05, 4.69) is 0 Å². The highest BCUT2D eigenvalue weighted by Crippen LogP contribution is 2.20. The van der Waals surface area contributed by atoms with E-state index in [1.807, 2.05) is 0 Å². The zero-order chi connectivity index (χ0) is 10.8. The summed E-state index contributed by atoms with van der Waals surface area (Å²) in [5.41, 5.74) is 0.465. The standard InChI is InChI=1S/C9H13NO3S/c1-3-14(12,13)10(2)8-5-4-6-9(11)7-8/h4-7,11H,3H2,1-2H3. The zero-order valence-corrected chi connectivity index (χ0v) is 8.95. The Bertz CT molecular complexity index is 414. The third-order valence-corrected chi connectivity index (χ3v) is 3.75. The second kappa shape index (κ2) is 3.88. The molecule has 0 spiro atoms. The maximum absolute atomic E-state index is 11.5. The normalized spacial score (nSPS) is 11.3. The molecule has 1 aromatic rings. The van der Waals surface area contributed by atoms with Gasteiger partial charge in [-0.3, -0.25) is 4.31 Å². The van der Waals surface area contributed by atoms with Crippen molar-refractivity contribution in [2.75, 3.05) is 17.1 Å². The van der Waals surface area contributed by atoms with Crippen molar-refractivity contribution in [1.29, 1.82) is 0 Å². The third-order valence-electron chi connectivity index (χ3n) is 1.98. The number of phenols is 1. The van der Waals surface area contributed by atoms with Crippen LogP contribution in [-0.4, -0.2) is 26.3 Å². The highest BCUT2D eigenvalue weighted by atomic mass is 32.2. The molecule has 0 atom stereocenters. The number of anilines is 1. The minimum Gasteiger partial charge on any atom is -0.508 e. The number of nitrogens with zero attached hydrogens (tertiary/aromatic N) is 1. The molecule has 0 aliphatic rings. The molecule has 14 heavy (non-hydrogen) atoms. The third kappa shape index (κ3) is 2.17. The predicted octanol–water partition coefficient (Wildman–Crippen LogP) is 1.18. The van der Waals surface area contributed by atoms with Gasteiger partial charge in [-0.25, -0.2) is 8.42 Å². The average Bonchev–Trinajstić information content (AvgIpc) is 2.16. The Hall–Kier alpha value is -1.23. The van der Waals surface area contributed by atoms with Crippen molar-refractivity contribution in [2.24, 2.45) is 0 Å². The maximum Gasteiger partial charge on any atom is 0.234 e. The van der Waals surface area contributed by atoms with Crippen LogP contribution in [0.15, 0.2) is 24.3 Å². The SMILES string of the molecule is CCS(=O)(=O)N(C)c1cccc(O)c1. The summed E-state index contributed by atoms with van der Waals surface area (Å²) in [6, 6.07) is 6.14. The summed E-state index contributed by atoms with van der Waals surface area (Å²) in [7, 11) is -1.78. The average molecular weight is 215 g/mol. The van der Waals surface area contributed by atoms with Gasteiger partial charge >= 0.3 is 0 Å². The van der Waals surface area contributed by atoms with Gasteiger partial charge in [0.2, 0.25) is 10.0 Å². The first-order valence-corrected chi connectivity index (χ1v) is 5.84. The lowest BCUT2D eigenvalue weighted by Crippen LogP contribution is -2.27. The molecule has 0 unspecified atom stereocenters. The summed E-state index contributed by atoms with van der Waals surface area (Å²) in [6.07, 6.45) is 0. The fourth-order valence-corrected chi connectivity index (χ4v) is 1.87. The number of aromatic hydroxyl groups is 1. The molecular formula is C9H13NO3S. The maximum atomic E-state index is 11.5. The number of hydrogen-bond acceptors (Lipinski definition) is 3. The second-order valence-corrected chi connectivity index (χ2v) is 5.18. The summed E-state index contributed by atoms with van der Waals surface area (Å²) in [5, 5.41) is 9.18. The molecule has 0 aliphatic carbocycles. The number of hydrogen-bond donors (Lipinski definition) is 1. The summed E-state index contributed by atoms with van der Waals surface area (Å²) in [5.74, 6) is 0.0970. The van der Waals surface area contributed by atoms with Gasteiger partial charge in [0.15, 0.2) is 0 Å². The molecule has 0 fully saturated rings. The van der Waals surface area contributed by atoms with Crippen LogP contribution in [0.4, 0.5) is 5.69 Å². The largest absolute Gasteiger partial charge is 0.508 e. The summed E-state index contributed by atoms with van der Waals surface area (Å²) in [4.78, 5) is 0. The lowest BCUT2D eigenvalue weighted by molar-refractivity contribution is 0.475. The van der Waals surface area contributed by atoms with Crippen molar-refractivity contribution < 1.29 is 13.5 Å². The molecule has 1 N–H and O–H groups in total. The molecule has 1 aromatic carbocycles. The fourth-order valence-electron chi connectivity index (χ4n) is 1.04. The van der Waals surface area contributed by atoms with E-state index >= 15 is 0 Å². The molecule has 0 radical (unpaired) electrons. The van der Waals surface area contributed by atoms with Crippen molar-refractivity contribution in [2.45, 2.75) is 6.92 Å². The van der Waals surface area contributed by atoms with Crippen LogP contribution in [0.1, 0.15) is 6.92 Å². The van der Waals surface area contributed by atoms with E-state index in [9.17, 15) is 13.5 Å². The van der Waals surface area contributed by atoms with E-state index in [-0.39, 0.29) is 11.5 Å². The van der Waals surface area contributed by atoms with Gasteiger partial charge in [-0.1, -0.05) is 6.07 Å². The minimum atomic E-state index is -3.25. The Morgan fingerprint density at radius 3 is 2.57 bits per heavy atom. The van der Waals surface area contributed by atoms with Crippen molar-refractivity contribution in [3.8, 4) is 5.75 Å². The van der Waals surface area contributed by atoms with Gasteiger partial charge < -0.3 is 5.11 Å². The fraction of sp³-hybridized carbons (Fsp3) is 0.333. The van der Waals surface area contributed by atoms with Crippen molar-refractivity contribution in [3.63, 3.8) is 0 Å². The second-order valence-electron chi connectivity index (χ2n) is 2.89. The molecule has 0 saturated heterocycles. The topological polar surface area (TPSA) is 57.6 Å². The predicted molar refractivity (Wildman–Crippen MR) is 56.0 cm³/mol. The van der Waals surface area contributed by atoms with Crippen molar-refractivity contribution in [1.82, 2.24) is 0 Å². The lowest BCUT2D eigenvalue weighted by Gasteiger charge is -2.18. The Labute approximate surface area is 83.8 Å². The van der Waals surface area contributed by atoms with Gasteiger partial charge in [0.05, 0.1) is 11.4 Å². The summed E-state index contributed by atoms with van der Waals surface area (Å²) >= 11 is 0. The molecule has 0 aromatic heterocycles. The number of rotatable bonds is 3. The van der Waals surface area contributed by atoms with E-state index in [0.717, 1.165) is 4.31 Å². The quantitative estimate of drug-likeness (QED) is 0.823. The van der Waals surface area contributed by atoms with Crippen LogP contribution in [0.3, 0.4) is 0 Å². The Morgan fingerprint density at radius 1 is 1.43 bits per heavy atom. The molecule has 0 aliphatic heterocycles. The van der Waals surface area contributed by atoms with Crippen LogP contribution >= 0.6 is 0 Å². The molecule has 0 saturated carbocycles. The zero-order valence-electron chi connectivity index (χ0n) is 8.14. The molecule has 5 heteroatoms. The minimum absolute atomic E-state index is 0.0408. The van der Waals surface area contributed by atoms with E-state index < -0.39 is 10.0 Å². The monoisotopic (exact) mass is 215 g/mol. The first-order valence-electron chi connectivity index (χ1n) is 4.23. The molecular weight excluding hydrogens is 202 g/mol. The molecule has 0 amide bonds. The molecule has 78 valence electrons. The smallest absolute Gasteiger partial charge is 0.234 e. The molecule has 1 rings (SSSR count). The van der Waals surface area contributed by atoms with Crippen LogP contribution in [0.2, 0.25) is 0 Å². The van der Waals surface area contributed by atoms with Crippen molar-refractivity contribution in [3.05, 3.63) is 24.3 Å².